The minimum absolute atomic E-state index is 0.132. The van der Waals surface area contributed by atoms with Gasteiger partial charge in [0.2, 0.25) is 5.95 Å². The summed E-state index contributed by atoms with van der Waals surface area (Å²) in [5.41, 5.74) is 2.32. The van der Waals surface area contributed by atoms with Gasteiger partial charge in [0.1, 0.15) is 10.8 Å². The van der Waals surface area contributed by atoms with Crippen LogP contribution in [0.4, 0.5) is 11.8 Å². The normalized spacial score (nSPS) is 14.8. The lowest BCUT2D eigenvalue weighted by Crippen LogP contribution is -2.01. The Morgan fingerprint density at radius 3 is 3.00 bits per heavy atom. The number of imidazole rings is 1. The van der Waals surface area contributed by atoms with Crippen molar-refractivity contribution in [2.24, 2.45) is 0 Å². The Balaban J connectivity index is 1.71. The summed E-state index contributed by atoms with van der Waals surface area (Å²) in [5.74, 6) is 1.81. The van der Waals surface area contributed by atoms with Crippen LogP contribution in [0.2, 0.25) is 5.15 Å². The molecule has 1 aliphatic rings. The molecule has 4 rings (SSSR count). The van der Waals surface area contributed by atoms with Crippen molar-refractivity contribution in [2.75, 3.05) is 5.32 Å². The zero-order valence-corrected chi connectivity index (χ0v) is 11.8. The molecule has 0 spiro atoms. The second-order valence-corrected chi connectivity index (χ2v) is 5.52. The van der Waals surface area contributed by atoms with Gasteiger partial charge in [-0.1, -0.05) is 11.6 Å². The van der Waals surface area contributed by atoms with E-state index in [1.54, 1.807) is 16.7 Å². The molecule has 1 fully saturated rings. The minimum Gasteiger partial charge on any atom is -0.390 e. The smallest absolute Gasteiger partial charge is 0.215 e. The third kappa shape index (κ3) is 2.34. The lowest BCUT2D eigenvalue weighted by atomic mass is 10.3. The van der Waals surface area contributed by atoms with Crippen LogP contribution in [0.5, 0.6) is 0 Å². The van der Waals surface area contributed by atoms with Crippen molar-refractivity contribution in [1.29, 1.82) is 0 Å². The predicted octanol–water partition coefficient (Wildman–Crippen LogP) is 2.22. The van der Waals surface area contributed by atoms with Gasteiger partial charge in [-0.25, -0.2) is 9.97 Å². The van der Waals surface area contributed by atoms with Gasteiger partial charge in [0.05, 0.1) is 12.3 Å². The highest BCUT2D eigenvalue weighted by Gasteiger charge is 2.25. The third-order valence-electron chi connectivity index (χ3n) is 3.49. The summed E-state index contributed by atoms with van der Waals surface area (Å²) in [4.78, 5) is 8.51. The van der Waals surface area contributed by atoms with E-state index in [9.17, 15) is 5.11 Å². The summed E-state index contributed by atoms with van der Waals surface area (Å²) in [6, 6.07) is 3.63. The van der Waals surface area contributed by atoms with E-state index in [0.717, 1.165) is 5.69 Å². The number of anilines is 2. The minimum atomic E-state index is -0.132. The summed E-state index contributed by atoms with van der Waals surface area (Å²) in [6.45, 7) is -0.132. The summed E-state index contributed by atoms with van der Waals surface area (Å²) in [7, 11) is 0. The Bertz CT molecular complexity index is 806. The number of halogens is 1. The van der Waals surface area contributed by atoms with E-state index >= 15 is 0 Å². The van der Waals surface area contributed by atoms with E-state index in [2.05, 4.69) is 25.5 Å². The van der Waals surface area contributed by atoms with Gasteiger partial charge in [0, 0.05) is 29.9 Å². The predicted molar refractivity (Wildman–Crippen MR) is 77.8 cm³/mol. The zero-order valence-electron chi connectivity index (χ0n) is 11.0. The maximum atomic E-state index is 9.19. The Morgan fingerprint density at radius 2 is 2.24 bits per heavy atom. The quantitative estimate of drug-likeness (QED) is 0.643. The van der Waals surface area contributed by atoms with Crippen LogP contribution >= 0.6 is 11.6 Å². The van der Waals surface area contributed by atoms with Gasteiger partial charge in [-0.2, -0.15) is 5.10 Å². The molecule has 3 heterocycles. The standard InChI is InChI=1S/C13H13ClN6O/c14-10-4-12-15-8(6-21)5-20(12)13(16-10)17-11-3-9(18-19-11)7-1-2-7/h3-5,7,21H,1-2,6H2,(H2,16,17,18,19). The molecule has 1 saturated carbocycles. The molecule has 0 unspecified atom stereocenters. The molecule has 108 valence electrons. The molecule has 7 nitrogen and oxygen atoms in total. The molecule has 0 amide bonds. The van der Waals surface area contributed by atoms with Crippen LogP contribution in [0.15, 0.2) is 18.3 Å². The number of nitrogens with one attached hydrogen (secondary N) is 2. The fourth-order valence-electron chi connectivity index (χ4n) is 2.29. The van der Waals surface area contributed by atoms with Crippen molar-refractivity contribution in [3.05, 3.63) is 34.9 Å². The number of rotatable bonds is 4. The zero-order chi connectivity index (χ0) is 14.4. The number of aliphatic hydroxyl groups is 1. The number of aliphatic hydroxyl groups excluding tert-OH is 1. The molecule has 0 bridgehead atoms. The monoisotopic (exact) mass is 304 g/mol. The van der Waals surface area contributed by atoms with E-state index < -0.39 is 0 Å². The van der Waals surface area contributed by atoms with E-state index in [-0.39, 0.29) is 6.61 Å². The first-order chi connectivity index (χ1) is 10.2. The average molecular weight is 305 g/mol. The van der Waals surface area contributed by atoms with Crippen molar-refractivity contribution in [1.82, 2.24) is 24.6 Å². The fraction of sp³-hybridized carbons (Fsp3) is 0.308. The van der Waals surface area contributed by atoms with Gasteiger partial charge in [-0.05, 0) is 12.8 Å². The number of aromatic amines is 1. The second-order valence-electron chi connectivity index (χ2n) is 5.13. The fourth-order valence-corrected chi connectivity index (χ4v) is 2.47. The van der Waals surface area contributed by atoms with Crippen LogP contribution in [-0.4, -0.2) is 29.7 Å². The molecular weight excluding hydrogens is 292 g/mol. The van der Waals surface area contributed by atoms with Crippen molar-refractivity contribution in [3.8, 4) is 0 Å². The van der Waals surface area contributed by atoms with Crippen molar-refractivity contribution in [2.45, 2.75) is 25.4 Å². The molecule has 3 N–H and O–H groups in total. The van der Waals surface area contributed by atoms with Crippen LogP contribution < -0.4 is 5.32 Å². The molecular formula is C13H13ClN6O. The van der Waals surface area contributed by atoms with Crippen molar-refractivity contribution >= 4 is 29.0 Å². The Hall–Kier alpha value is -2.12. The van der Waals surface area contributed by atoms with Crippen LogP contribution in [-0.2, 0) is 6.61 Å². The topological polar surface area (TPSA) is 91.1 Å². The molecule has 0 aliphatic heterocycles. The number of hydrogen-bond acceptors (Lipinski definition) is 5. The third-order valence-corrected chi connectivity index (χ3v) is 3.68. The lowest BCUT2D eigenvalue weighted by Gasteiger charge is -2.05. The Kier molecular flexibility index (Phi) is 2.83. The highest BCUT2D eigenvalue weighted by Crippen LogP contribution is 2.39. The summed E-state index contributed by atoms with van der Waals surface area (Å²) in [5, 5.41) is 19.9. The Morgan fingerprint density at radius 1 is 1.38 bits per heavy atom. The molecule has 0 atom stereocenters. The summed E-state index contributed by atoms with van der Waals surface area (Å²) in [6.07, 6.45) is 4.14. The highest BCUT2D eigenvalue weighted by atomic mass is 35.5. The molecule has 0 aromatic carbocycles. The van der Waals surface area contributed by atoms with E-state index in [1.165, 1.54) is 12.8 Å². The Labute approximate surface area is 125 Å². The first-order valence-electron chi connectivity index (χ1n) is 6.70. The first kappa shape index (κ1) is 12.6. The van der Waals surface area contributed by atoms with Gasteiger partial charge in [0.15, 0.2) is 5.82 Å². The average Bonchev–Trinajstić information content (AvgIpc) is 3.06. The van der Waals surface area contributed by atoms with Crippen LogP contribution in [0, 0.1) is 0 Å². The van der Waals surface area contributed by atoms with E-state index in [1.807, 2.05) is 6.07 Å². The lowest BCUT2D eigenvalue weighted by molar-refractivity contribution is 0.277. The number of aromatic nitrogens is 5. The number of H-pyrrole nitrogens is 1. The molecule has 3 aromatic rings. The summed E-state index contributed by atoms with van der Waals surface area (Å²) >= 11 is 6.01. The molecule has 0 radical (unpaired) electrons. The maximum Gasteiger partial charge on any atom is 0.215 e. The van der Waals surface area contributed by atoms with E-state index in [4.69, 9.17) is 11.6 Å². The van der Waals surface area contributed by atoms with Crippen molar-refractivity contribution < 1.29 is 5.11 Å². The van der Waals surface area contributed by atoms with Crippen molar-refractivity contribution in [3.63, 3.8) is 0 Å². The van der Waals surface area contributed by atoms with Gasteiger partial charge in [0.25, 0.3) is 0 Å². The van der Waals surface area contributed by atoms with Gasteiger partial charge < -0.3 is 10.4 Å². The highest BCUT2D eigenvalue weighted by molar-refractivity contribution is 6.29. The number of hydrogen-bond donors (Lipinski definition) is 3. The molecule has 0 saturated heterocycles. The van der Waals surface area contributed by atoms with Crippen LogP contribution in [0.25, 0.3) is 5.65 Å². The van der Waals surface area contributed by atoms with Gasteiger partial charge in [-0.3, -0.25) is 9.50 Å². The van der Waals surface area contributed by atoms with Crippen LogP contribution in [0.1, 0.15) is 30.1 Å². The second kappa shape index (κ2) is 4.71. The number of fused-ring (bicyclic) bond motifs is 1. The SMILES string of the molecule is OCc1cn2c(Nc3cc(C4CC4)[nH]n3)nc(Cl)cc2n1. The maximum absolute atomic E-state index is 9.19. The van der Waals surface area contributed by atoms with E-state index in [0.29, 0.717) is 34.2 Å². The van der Waals surface area contributed by atoms with Gasteiger partial charge in [-0.15, -0.1) is 0 Å². The molecule has 3 aromatic heterocycles. The molecule has 8 heteroatoms. The molecule has 1 aliphatic carbocycles. The van der Waals surface area contributed by atoms with Crippen LogP contribution in [0.3, 0.4) is 0 Å². The largest absolute Gasteiger partial charge is 0.390 e. The molecule has 21 heavy (non-hydrogen) atoms. The van der Waals surface area contributed by atoms with Gasteiger partial charge >= 0.3 is 0 Å². The first-order valence-corrected chi connectivity index (χ1v) is 7.08. The number of nitrogens with zero attached hydrogens (tertiary/aromatic N) is 4. The summed E-state index contributed by atoms with van der Waals surface area (Å²) < 4.78 is 1.74.